The quantitative estimate of drug-likeness (QED) is 0.694. The molecule has 3 aliphatic rings. The first-order valence-corrected chi connectivity index (χ1v) is 12.4. The van der Waals surface area contributed by atoms with Crippen LogP contribution in [0, 0.1) is 11.3 Å². The number of carbonyl (C=O) groups is 1. The molecule has 30 heavy (non-hydrogen) atoms. The first kappa shape index (κ1) is 22.0. The van der Waals surface area contributed by atoms with Gasteiger partial charge in [0.2, 0.25) is 5.91 Å². The minimum absolute atomic E-state index is 0.203. The Bertz CT molecular complexity index is 814. The van der Waals surface area contributed by atoms with Gasteiger partial charge in [0.1, 0.15) is 4.60 Å². The second-order valence-corrected chi connectivity index (χ2v) is 10.6. The summed E-state index contributed by atoms with van der Waals surface area (Å²) in [4.78, 5) is 31.3. The third kappa shape index (κ3) is 4.52. The van der Waals surface area contributed by atoms with Gasteiger partial charge in [0, 0.05) is 31.1 Å². The van der Waals surface area contributed by atoms with Crippen molar-refractivity contribution in [2.24, 2.45) is 11.3 Å². The fourth-order valence-corrected chi connectivity index (χ4v) is 6.44. The zero-order valence-corrected chi connectivity index (χ0v) is 19.4. The minimum Gasteiger partial charge on any atom is -0.387 e. The first-order valence-electron chi connectivity index (χ1n) is 11.6. The molecule has 2 saturated carbocycles. The predicted molar refractivity (Wildman–Crippen MR) is 119 cm³/mol. The number of carbonyl (C=O) groups excluding carboxylic acids is 1. The molecule has 3 fully saturated rings. The maximum absolute atomic E-state index is 13.0. The molecular formula is C23H34BrN3O3. The standard InChI is InChI=1S/C23H34BrN3O3/c24-19-15-27(21(29)14-25-19)17-23(30)12-13-26(16-22(23)10-4-5-11-22)20(28)9-8-18-6-2-1-3-7-18/h14-15,18,30H,1-13,16-17H2. The van der Waals surface area contributed by atoms with Gasteiger partial charge in [0.05, 0.1) is 18.3 Å². The Labute approximate surface area is 187 Å². The van der Waals surface area contributed by atoms with Crippen LogP contribution in [-0.2, 0) is 11.3 Å². The molecule has 1 aromatic rings. The van der Waals surface area contributed by atoms with Crippen molar-refractivity contribution >= 4 is 21.8 Å². The number of hydrogen-bond acceptors (Lipinski definition) is 4. The van der Waals surface area contributed by atoms with Crippen LogP contribution < -0.4 is 5.56 Å². The van der Waals surface area contributed by atoms with Crippen molar-refractivity contribution in [3.8, 4) is 0 Å². The fourth-order valence-electron chi connectivity index (χ4n) is 6.10. The van der Waals surface area contributed by atoms with E-state index in [9.17, 15) is 14.7 Å². The Morgan fingerprint density at radius 1 is 1.17 bits per heavy atom. The van der Waals surface area contributed by atoms with Crippen LogP contribution in [0.1, 0.15) is 77.0 Å². The number of rotatable bonds is 5. The second-order valence-electron chi connectivity index (χ2n) is 9.80. The Balaban J connectivity index is 1.45. The van der Waals surface area contributed by atoms with E-state index in [1.54, 1.807) is 10.8 Å². The number of aromatic nitrogens is 2. The summed E-state index contributed by atoms with van der Waals surface area (Å²) < 4.78 is 2.15. The fraction of sp³-hybridized carbons (Fsp3) is 0.783. The van der Waals surface area contributed by atoms with Crippen LogP contribution >= 0.6 is 15.9 Å². The number of piperidine rings is 1. The molecule has 4 rings (SSSR count). The van der Waals surface area contributed by atoms with Crippen LogP contribution in [0.25, 0.3) is 0 Å². The van der Waals surface area contributed by atoms with Gasteiger partial charge >= 0.3 is 0 Å². The topological polar surface area (TPSA) is 75.4 Å². The Morgan fingerprint density at radius 2 is 1.90 bits per heavy atom. The summed E-state index contributed by atoms with van der Waals surface area (Å²) in [6.07, 6.45) is 15.6. The van der Waals surface area contributed by atoms with Crippen molar-refractivity contribution in [1.29, 1.82) is 0 Å². The maximum Gasteiger partial charge on any atom is 0.269 e. The van der Waals surface area contributed by atoms with Crippen molar-refractivity contribution in [2.75, 3.05) is 13.1 Å². The van der Waals surface area contributed by atoms with Crippen molar-refractivity contribution in [2.45, 2.75) is 89.2 Å². The van der Waals surface area contributed by atoms with Crippen molar-refractivity contribution in [1.82, 2.24) is 14.5 Å². The average Bonchev–Trinajstić information content (AvgIpc) is 3.22. The zero-order chi connectivity index (χ0) is 21.2. The van der Waals surface area contributed by atoms with E-state index >= 15 is 0 Å². The highest BCUT2D eigenvalue weighted by Crippen LogP contribution is 2.51. The van der Waals surface area contributed by atoms with Gasteiger partial charge in [-0.05, 0) is 47.5 Å². The van der Waals surface area contributed by atoms with Gasteiger partial charge in [-0.2, -0.15) is 0 Å². The average molecular weight is 480 g/mol. The third-order valence-corrected chi connectivity index (χ3v) is 8.37. The molecule has 1 aliphatic heterocycles. The van der Waals surface area contributed by atoms with Crippen LogP contribution in [0.4, 0.5) is 0 Å². The van der Waals surface area contributed by atoms with Gasteiger partial charge in [0.15, 0.2) is 0 Å². The zero-order valence-electron chi connectivity index (χ0n) is 17.8. The highest BCUT2D eigenvalue weighted by atomic mass is 79.9. The minimum atomic E-state index is -0.978. The Hall–Kier alpha value is -1.21. The van der Waals surface area contributed by atoms with Gasteiger partial charge in [-0.1, -0.05) is 44.9 Å². The Morgan fingerprint density at radius 3 is 2.63 bits per heavy atom. The lowest BCUT2D eigenvalue weighted by molar-refractivity contribution is -0.160. The predicted octanol–water partition coefficient (Wildman–Crippen LogP) is 3.89. The van der Waals surface area contributed by atoms with E-state index in [2.05, 4.69) is 20.9 Å². The molecule has 2 heterocycles. The van der Waals surface area contributed by atoms with Gasteiger partial charge in [-0.25, -0.2) is 4.98 Å². The smallest absolute Gasteiger partial charge is 0.269 e. The van der Waals surface area contributed by atoms with Gasteiger partial charge in [-0.15, -0.1) is 0 Å². The van der Waals surface area contributed by atoms with Crippen molar-refractivity contribution in [3.63, 3.8) is 0 Å². The van der Waals surface area contributed by atoms with Crippen LogP contribution in [0.3, 0.4) is 0 Å². The van der Waals surface area contributed by atoms with E-state index in [1.807, 2.05) is 4.90 Å². The summed E-state index contributed by atoms with van der Waals surface area (Å²) in [6, 6.07) is 0. The van der Waals surface area contributed by atoms with Crippen LogP contribution in [0.15, 0.2) is 21.8 Å². The van der Waals surface area contributed by atoms with E-state index in [0.717, 1.165) is 32.1 Å². The normalized spacial score (nSPS) is 26.9. The molecular weight excluding hydrogens is 446 g/mol. The largest absolute Gasteiger partial charge is 0.387 e. The van der Waals surface area contributed by atoms with Gasteiger partial charge in [-0.3, -0.25) is 9.59 Å². The number of likely N-dealkylation sites (tertiary alicyclic amines) is 1. The van der Waals surface area contributed by atoms with E-state index in [0.29, 0.717) is 36.5 Å². The van der Waals surface area contributed by atoms with E-state index in [4.69, 9.17) is 0 Å². The number of amides is 1. The lowest BCUT2D eigenvalue weighted by Crippen LogP contribution is -2.62. The molecule has 0 bridgehead atoms. The molecule has 0 radical (unpaired) electrons. The maximum atomic E-state index is 13.0. The molecule has 2 aliphatic carbocycles. The summed E-state index contributed by atoms with van der Waals surface area (Å²) in [5.74, 6) is 0.958. The molecule has 1 atom stereocenters. The summed E-state index contributed by atoms with van der Waals surface area (Å²) in [6.45, 7) is 1.45. The molecule has 7 heteroatoms. The second kappa shape index (κ2) is 9.11. The monoisotopic (exact) mass is 479 g/mol. The molecule has 166 valence electrons. The lowest BCUT2D eigenvalue weighted by atomic mass is 9.65. The van der Waals surface area contributed by atoms with Crippen molar-refractivity contribution in [3.05, 3.63) is 27.4 Å². The van der Waals surface area contributed by atoms with Crippen LogP contribution in [-0.4, -0.2) is 44.2 Å². The number of nitrogens with zero attached hydrogens (tertiary/aromatic N) is 3. The number of aliphatic hydroxyl groups is 1. The number of halogens is 1. The number of hydrogen-bond donors (Lipinski definition) is 1. The Kier molecular flexibility index (Phi) is 6.68. The van der Waals surface area contributed by atoms with Crippen LogP contribution in [0.2, 0.25) is 0 Å². The summed E-state index contributed by atoms with van der Waals surface area (Å²) in [5.41, 5.74) is -1.50. The molecule has 1 aromatic heterocycles. The molecule has 1 N–H and O–H groups in total. The molecule has 1 spiro atoms. The summed E-state index contributed by atoms with van der Waals surface area (Å²) in [5, 5.41) is 11.8. The SMILES string of the molecule is O=C(CCC1CCCCC1)N1CCC(O)(Cn2cc(Br)ncc2=O)C2(CCCC2)C1. The molecule has 1 saturated heterocycles. The molecule has 1 unspecified atom stereocenters. The van der Waals surface area contributed by atoms with Gasteiger partial charge < -0.3 is 14.6 Å². The third-order valence-electron chi connectivity index (χ3n) is 7.96. The molecule has 1 amide bonds. The highest BCUT2D eigenvalue weighted by Gasteiger charge is 2.55. The van der Waals surface area contributed by atoms with E-state index < -0.39 is 5.60 Å². The first-order chi connectivity index (χ1) is 14.4. The summed E-state index contributed by atoms with van der Waals surface area (Å²) in [7, 11) is 0. The lowest BCUT2D eigenvalue weighted by Gasteiger charge is -2.52. The molecule has 6 nitrogen and oxygen atoms in total. The van der Waals surface area contributed by atoms with E-state index in [-0.39, 0.29) is 23.4 Å². The van der Waals surface area contributed by atoms with Crippen LogP contribution in [0.5, 0.6) is 0 Å². The highest BCUT2D eigenvalue weighted by molar-refractivity contribution is 9.10. The van der Waals surface area contributed by atoms with E-state index in [1.165, 1.54) is 38.3 Å². The van der Waals surface area contributed by atoms with Crippen molar-refractivity contribution < 1.29 is 9.90 Å². The molecule has 0 aromatic carbocycles. The summed E-state index contributed by atoms with van der Waals surface area (Å²) >= 11 is 3.33. The van der Waals surface area contributed by atoms with Gasteiger partial charge in [0.25, 0.3) is 5.56 Å².